The average Bonchev–Trinajstić information content (AvgIpc) is 3.24. The number of ether oxygens (including phenoxy) is 1. The van der Waals surface area contributed by atoms with Crippen LogP contribution in [0, 0.1) is 5.92 Å². The van der Waals surface area contributed by atoms with Crippen LogP contribution in [0.2, 0.25) is 5.02 Å². The maximum absolute atomic E-state index is 12.8. The number of anilines is 1. The van der Waals surface area contributed by atoms with E-state index in [0.717, 1.165) is 0 Å². The van der Waals surface area contributed by atoms with E-state index in [1.807, 2.05) is 36.6 Å². The standard InChI is InChI=1S/C25H28ClN5O3S/c1-5-13-31-23(22(16(2)3)28-24(33)17-9-7-6-8-10-17)29-30-25(31)35-15-21(32)27-19-14-18(26)11-12-20(19)34-4/h5-12,14,16,22H,1,13,15H2,2-4H3,(H,27,32)(H,28,33)/t22-/m1/s1. The van der Waals surface area contributed by atoms with E-state index in [-0.39, 0.29) is 29.5 Å². The number of thioether (sulfide) groups is 1. The van der Waals surface area contributed by atoms with Gasteiger partial charge in [0.15, 0.2) is 11.0 Å². The van der Waals surface area contributed by atoms with Crippen LogP contribution in [0.25, 0.3) is 0 Å². The second-order valence-corrected chi connectivity index (χ2v) is 9.36. The van der Waals surface area contributed by atoms with Crippen LogP contribution >= 0.6 is 23.4 Å². The lowest BCUT2D eigenvalue weighted by Gasteiger charge is -2.22. The maximum atomic E-state index is 12.8. The Bertz CT molecular complexity index is 1180. The third kappa shape index (κ3) is 6.86. The van der Waals surface area contributed by atoms with Gasteiger partial charge in [0.05, 0.1) is 24.6 Å². The number of allylic oxidation sites excluding steroid dienone is 1. The van der Waals surface area contributed by atoms with Gasteiger partial charge in [-0.3, -0.25) is 9.59 Å². The molecule has 35 heavy (non-hydrogen) atoms. The van der Waals surface area contributed by atoms with Crippen LogP contribution in [0.3, 0.4) is 0 Å². The Morgan fingerprint density at radius 1 is 1.20 bits per heavy atom. The van der Waals surface area contributed by atoms with Crippen molar-refractivity contribution in [2.75, 3.05) is 18.2 Å². The predicted molar refractivity (Wildman–Crippen MR) is 139 cm³/mol. The summed E-state index contributed by atoms with van der Waals surface area (Å²) in [6, 6.07) is 13.6. The van der Waals surface area contributed by atoms with E-state index in [1.165, 1.54) is 18.9 Å². The van der Waals surface area contributed by atoms with Crippen LogP contribution in [-0.4, -0.2) is 39.4 Å². The predicted octanol–water partition coefficient (Wildman–Crippen LogP) is 4.98. The van der Waals surface area contributed by atoms with Gasteiger partial charge in [-0.1, -0.05) is 61.5 Å². The SMILES string of the molecule is C=CCn1c(SCC(=O)Nc2cc(Cl)ccc2OC)nnc1[C@H](NC(=O)c1ccccc1)C(C)C. The van der Waals surface area contributed by atoms with E-state index in [4.69, 9.17) is 16.3 Å². The van der Waals surface area contributed by atoms with Gasteiger partial charge >= 0.3 is 0 Å². The highest BCUT2D eigenvalue weighted by atomic mass is 35.5. The topological polar surface area (TPSA) is 98.1 Å². The Labute approximate surface area is 214 Å². The molecule has 184 valence electrons. The van der Waals surface area contributed by atoms with E-state index in [2.05, 4.69) is 27.4 Å². The molecule has 8 nitrogen and oxygen atoms in total. The van der Waals surface area contributed by atoms with Gasteiger partial charge in [-0.15, -0.1) is 16.8 Å². The number of hydrogen-bond donors (Lipinski definition) is 2. The van der Waals surface area contributed by atoms with E-state index in [1.54, 1.807) is 36.4 Å². The minimum atomic E-state index is -0.381. The Morgan fingerprint density at radius 3 is 2.60 bits per heavy atom. The van der Waals surface area contributed by atoms with Crippen LogP contribution in [0.15, 0.2) is 66.3 Å². The van der Waals surface area contributed by atoms with Crippen molar-refractivity contribution in [2.45, 2.75) is 31.6 Å². The first-order valence-corrected chi connectivity index (χ1v) is 12.4. The number of aromatic nitrogens is 3. The summed E-state index contributed by atoms with van der Waals surface area (Å²) < 4.78 is 7.14. The summed E-state index contributed by atoms with van der Waals surface area (Å²) >= 11 is 7.29. The minimum absolute atomic E-state index is 0.0480. The van der Waals surface area contributed by atoms with Gasteiger partial charge in [0, 0.05) is 17.1 Å². The number of carbonyl (C=O) groups excluding carboxylic acids is 2. The summed E-state index contributed by atoms with van der Waals surface area (Å²) in [7, 11) is 1.52. The smallest absolute Gasteiger partial charge is 0.251 e. The third-order valence-electron chi connectivity index (χ3n) is 5.09. The van der Waals surface area contributed by atoms with Crippen molar-refractivity contribution in [3.05, 3.63) is 77.6 Å². The van der Waals surface area contributed by atoms with E-state index in [0.29, 0.717) is 39.5 Å². The third-order valence-corrected chi connectivity index (χ3v) is 6.29. The lowest BCUT2D eigenvalue weighted by atomic mass is 10.0. The van der Waals surface area contributed by atoms with Gasteiger partial charge in [-0.05, 0) is 36.2 Å². The quantitative estimate of drug-likeness (QED) is 0.277. The molecule has 2 aromatic carbocycles. The molecule has 0 radical (unpaired) electrons. The van der Waals surface area contributed by atoms with Gasteiger partial charge in [-0.25, -0.2) is 0 Å². The first kappa shape index (κ1) is 26.3. The number of amides is 2. The fourth-order valence-corrected chi connectivity index (χ4v) is 4.30. The number of rotatable bonds is 11. The molecule has 0 aliphatic heterocycles. The fraction of sp³-hybridized carbons (Fsp3) is 0.280. The van der Waals surface area contributed by atoms with Crippen LogP contribution in [0.1, 0.15) is 36.1 Å². The fourth-order valence-electron chi connectivity index (χ4n) is 3.38. The van der Waals surface area contributed by atoms with Gasteiger partial charge < -0.3 is 19.9 Å². The van der Waals surface area contributed by atoms with Crippen LogP contribution in [0.4, 0.5) is 5.69 Å². The van der Waals surface area contributed by atoms with E-state index < -0.39 is 0 Å². The summed E-state index contributed by atoms with van der Waals surface area (Å²) in [4.78, 5) is 25.4. The molecule has 1 heterocycles. The summed E-state index contributed by atoms with van der Waals surface area (Å²) in [5.74, 6) is 0.812. The molecule has 0 spiro atoms. The molecule has 1 atom stereocenters. The van der Waals surface area contributed by atoms with Gasteiger partial charge in [-0.2, -0.15) is 0 Å². The molecule has 1 aromatic heterocycles. The summed E-state index contributed by atoms with van der Waals surface area (Å²) in [6.07, 6.45) is 1.73. The van der Waals surface area contributed by atoms with E-state index in [9.17, 15) is 9.59 Å². The Kier molecular flexibility index (Phi) is 9.33. The van der Waals surface area contributed by atoms with Gasteiger partial charge in [0.2, 0.25) is 5.91 Å². The number of carbonyl (C=O) groups is 2. The van der Waals surface area contributed by atoms with E-state index >= 15 is 0 Å². The lowest BCUT2D eigenvalue weighted by Crippen LogP contribution is -2.33. The Morgan fingerprint density at radius 2 is 1.94 bits per heavy atom. The Hall–Kier alpha value is -3.30. The second kappa shape index (κ2) is 12.4. The molecule has 0 saturated heterocycles. The zero-order valence-electron chi connectivity index (χ0n) is 19.8. The minimum Gasteiger partial charge on any atom is -0.495 e. The maximum Gasteiger partial charge on any atom is 0.251 e. The number of nitrogens with one attached hydrogen (secondary N) is 2. The molecule has 0 aliphatic rings. The molecule has 0 aliphatic carbocycles. The molecule has 3 rings (SSSR count). The molecule has 10 heteroatoms. The van der Waals surface area contributed by atoms with Gasteiger partial charge in [0.1, 0.15) is 5.75 Å². The van der Waals surface area contributed by atoms with Crippen LogP contribution in [0.5, 0.6) is 5.75 Å². The molecular weight excluding hydrogens is 486 g/mol. The largest absolute Gasteiger partial charge is 0.495 e. The Balaban J connectivity index is 1.75. The number of nitrogens with zero attached hydrogens (tertiary/aromatic N) is 3. The van der Waals surface area contributed by atoms with Gasteiger partial charge in [0.25, 0.3) is 5.91 Å². The van der Waals surface area contributed by atoms with Crippen molar-refractivity contribution in [1.82, 2.24) is 20.1 Å². The molecule has 0 unspecified atom stereocenters. The molecule has 2 N–H and O–H groups in total. The zero-order valence-corrected chi connectivity index (χ0v) is 21.4. The highest BCUT2D eigenvalue weighted by Gasteiger charge is 2.26. The van der Waals surface area contributed by atoms with Crippen LogP contribution in [-0.2, 0) is 11.3 Å². The monoisotopic (exact) mass is 513 g/mol. The van der Waals surface area contributed by atoms with Crippen molar-refractivity contribution in [2.24, 2.45) is 5.92 Å². The molecule has 2 amide bonds. The number of methoxy groups -OCH3 is 1. The second-order valence-electron chi connectivity index (χ2n) is 7.98. The summed E-state index contributed by atoms with van der Waals surface area (Å²) in [6.45, 7) is 8.26. The lowest BCUT2D eigenvalue weighted by molar-refractivity contribution is -0.113. The first-order chi connectivity index (χ1) is 16.8. The molecule has 0 bridgehead atoms. The van der Waals surface area contributed by atoms with Crippen molar-refractivity contribution in [1.29, 1.82) is 0 Å². The highest BCUT2D eigenvalue weighted by Crippen LogP contribution is 2.29. The number of benzene rings is 2. The first-order valence-electron chi connectivity index (χ1n) is 11.0. The molecule has 0 saturated carbocycles. The summed E-state index contributed by atoms with van der Waals surface area (Å²) in [5.41, 5.74) is 1.05. The molecular formula is C25H28ClN5O3S. The van der Waals surface area contributed by atoms with Crippen molar-refractivity contribution in [3.8, 4) is 5.75 Å². The summed E-state index contributed by atoms with van der Waals surface area (Å²) in [5, 5.41) is 15.6. The van der Waals surface area contributed by atoms with Crippen molar-refractivity contribution >= 4 is 40.9 Å². The number of hydrogen-bond acceptors (Lipinski definition) is 6. The average molecular weight is 514 g/mol. The van der Waals surface area contributed by atoms with Crippen molar-refractivity contribution in [3.63, 3.8) is 0 Å². The van der Waals surface area contributed by atoms with Crippen molar-refractivity contribution < 1.29 is 14.3 Å². The number of halogens is 1. The zero-order chi connectivity index (χ0) is 25.4. The molecule has 0 fully saturated rings. The molecule has 3 aromatic rings. The highest BCUT2D eigenvalue weighted by molar-refractivity contribution is 7.99. The van der Waals surface area contributed by atoms with Crippen LogP contribution < -0.4 is 15.4 Å². The normalized spacial score (nSPS) is 11.7.